The Morgan fingerprint density at radius 2 is 2.00 bits per heavy atom. The van der Waals surface area contributed by atoms with E-state index in [1.54, 1.807) is 12.1 Å². The van der Waals surface area contributed by atoms with Gasteiger partial charge in [-0.1, -0.05) is 12.1 Å². The van der Waals surface area contributed by atoms with E-state index in [1.165, 1.54) is 6.92 Å². The zero-order chi connectivity index (χ0) is 15.4. The Kier molecular flexibility index (Phi) is 4.49. The first kappa shape index (κ1) is 14.9. The van der Waals surface area contributed by atoms with Crippen molar-refractivity contribution < 1.29 is 9.53 Å². The largest absolute Gasteiger partial charge is 0.435 e. The average molecular weight is 286 g/mol. The molecule has 0 aliphatic rings. The Balaban J connectivity index is 2.39. The van der Waals surface area contributed by atoms with E-state index < -0.39 is 0 Å². The number of aromatic nitrogens is 2. The van der Waals surface area contributed by atoms with Crippen molar-refractivity contribution in [3.05, 3.63) is 41.1 Å². The Hall–Kier alpha value is -2.47. The number of carbonyl (C=O) groups is 1. The van der Waals surface area contributed by atoms with Crippen LogP contribution in [0.25, 0.3) is 0 Å². The molecule has 0 saturated carbocycles. The van der Waals surface area contributed by atoms with E-state index in [-0.39, 0.29) is 5.91 Å². The molecule has 0 atom stereocenters. The summed E-state index contributed by atoms with van der Waals surface area (Å²) in [5, 5.41) is 10.8. The number of benzene rings is 1. The number of hydrogen-bond donors (Lipinski definition) is 2. The van der Waals surface area contributed by atoms with Gasteiger partial charge in [0.2, 0.25) is 11.8 Å². The lowest BCUT2D eigenvalue weighted by atomic mass is 10.1. The van der Waals surface area contributed by atoms with Gasteiger partial charge >= 0.3 is 0 Å². The molecule has 1 aromatic carbocycles. The summed E-state index contributed by atoms with van der Waals surface area (Å²) in [7, 11) is 0. The van der Waals surface area contributed by atoms with Crippen LogP contribution in [0.1, 0.15) is 23.7 Å². The maximum Gasteiger partial charge on any atom is 0.243 e. The van der Waals surface area contributed by atoms with Crippen molar-refractivity contribution in [3.63, 3.8) is 0 Å². The Morgan fingerprint density at radius 3 is 2.67 bits per heavy atom. The molecule has 0 bridgehead atoms. The molecule has 0 spiro atoms. The highest BCUT2D eigenvalue weighted by atomic mass is 16.5. The zero-order valence-corrected chi connectivity index (χ0v) is 12.3. The standard InChI is InChI=1S/C15H18N4O2/c1-9-10(2)18-19-15(12(9)8-16)21-14-7-5-4-6-13(14)17-11(3)20/h4-7H,8,16H2,1-3H3,(H,17,20). The fraction of sp³-hybridized carbons (Fsp3) is 0.267. The summed E-state index contributed by atoms with van der Waals surface area (Å²) >= 11 is 0. The Morgan fingerprint density at radius 1 is 1.29 bits per heavy atom. The lowest BCUT2D eigenvalue weighted by Gasteiger charge is -2.14. The topological polar surface area (TPSA) is 90.1 Å². The molecule has 2 aromatic rings. The summed E-state index contributed by atoms with van der Waals surface area (Å²) in [6.45, 7) is 5.55. The number of aryl methyl sites for hydroxylation is 1. The van der Waals surface area contributed by atoms with Crippen molar-refractivity contribution in [1.29, 1.82) is 0 Å². The molecule has 3 N–H and O–H groups in total. The molecule has 2 rings (SSSR count). The van der Waals surface area contributed by atoms with Gasteiger partial charge in [0.1, 0.15) is 0 Å². The first-order valence-electron chi connectivity index (χ1n) is 6.60. The molecule has 0 unspecified atom stereocenters. The normalized spacial score (nSPS) is 10.3. The molecular formula is C15H18N4O2. The first-order valence-corrected chi connectivity index (χ1v) is 6.60. The third-order valence-corrected chi connectivity index (χ3v) is 3.15. The highest BCUT2D eigenvalue weighted by Gasteiger charge is 2.14. The van der Waals surface area contributed by atoms with E-state index in [0.717, 1.165) is 16.8 Å². The highest BCUT2D eigenvalue weighted by molar-refractivity contribution is 5.90. The van der Waals surface area contributed by atoms with Gasteiger partial charge in [-0.15, -0.1) is 5.10 Å². The Bertz CT molecular complexity index is 671. The van der Waals surface area contributed by atoms with E-state index in [1.807, 2.05) is 26.0 Å². The predicted molar refractivity (Wildman–Crippen MR) is 80.2 cm³/mol. The van der Waals surface area contributed by atoms with Crippen LogP contribution >= 0.6 is 0 Å². The van der Waals surface area contributed by atoms with Crippen molar-refractivity contribution in [2.75, 3.05) is 5.32 Å². The number of anilines is 1. The molecule has 110 valence electrons. The molecule has 0 radical (unpaired) electrons. The van der Waals surface area contributed by atoms with Gasteiger partial charge in [0.15, 0.2) is 5.75 Å². The molecule has 21 heavy (non-hydrogen) atoms. The lowest BCUT2D eigenvalue weighted by Crippen LogP contribution is -2.09. The van der Waals surface area contributed by atoms with Gasteiger partial charge in [-0.25, -0.2) is 0 Å². The maximum absolute atomic E-state index is 11.2. The zero-order valence-electron chi connectivity index (χ0n) is 12.3. The van der Waals surface area contributed by atoms with Crippen LogP contribution in [0.5, 0.6) is 11.6 Å². The summed E-state index contributed by atoms with van der Waals surface area (Å²) in [6, 6.07) is 7.14. The number of rotatable bonds is 4. The molecule has 0 saturated heterocycles. The van der Waals surface area contributed by atoms with Crippen molar-refractivity contribution >= 4 is 11.6 Å². The van der Waals surface area contributed by atoms with Gasteiger partial charge < -0.3 is 15.8 Å². The summed E-state index contributed by atoms with van der Waals surface area (Å²) in [5.74, 6) is 0.689. The third kappa shape index (κ3) is 3.35. The summed E-state index contributed by atoms with van der Waals surface area (Å²) in [4.78, 5) is 11.2. The fourth-order valence-corrected chi connectivity index (χ4v) is 1.91. The number of ether oxygens (including phenoxy) is 1. The van der Waals surface area contributed by atoms with Crippen LogP contribution in [-0.2, 0) is 11.3 Å². The number of para-hydroxylation sites is 2. The van der Waals surface area contributed by atoms with Gasteiger partial charge in [0, 0.05) is 19.0 Å². The number of nitrogens with two attached hydrogens (primary N) is 1. The lowest BCUT2D eigenvalue weighted by molar-refractivity contribution is -0.114. The van der Waals surface area contributed by atoms with E-state index in [4.69, 9.17) is 10.5 Å². The van der Waals surface area contributed by atoms with Crippen molar-refractivity contribution in [3.8, 4) is 11.6 Å². The van der Waals surface area contributed by atoms with Crippen molar-refractivity contribution in [2.24, 2.45) is 5.73 Å². The van der Waals surface area contributed by atoms with Gasteiger partial charge in [0.25, 0.3) is 0 Å². The fourth-order valence-electron chi connectivity index (χ4n) is 1.91. The second-order valence-corrected chi connectivity index (χ2v) is 4.68. The first-order chi connectivity index (χ1) is 10.0. The SMILES string of the molecule is CC(=O)Nc1ccccc1Oc1nnc(C)c(C)c1CN. The van der Waals surface area contributed by atoms with Gasteiger partial charge in [-0.2, -0.15) is 5.10 Å². The van der Waals surface area contributed by atoms with Gasteiger partial charge in [0.05, 0.1) is 11.4 Å². The van der Waals surface area contributed by atoms with Crippen LogP contribution in [0.2, 0.25) is 0 Å². The Labute approximate surface area is 123 Å². The van der Waals surface area contributed by atoms with Crippen molar-refractivity contribution in [1.82, 2.24) is 10.2 Å². The molecule has 1 amide bonds. The minimum atomic E-state index is -0.170. The van der Waals surface area contributed by atoms with E-state index >= 15 is 0 Å². The van der Waals surface area contributed by atoms with Crippen LogP contribution in [0.15, 0.2) is 24.3 Å². The van der Waals surface area contributed by atoms with E-state index in [0.29, 0.717) is 23.9 Å². The summed E-state index contributed by atoms with van der Waals surface area (Å²) in [5.41, 5.74) is 8.93. The van der Waals surface area contributed by atoms with Gasteiger partial charge in [-0.3, -0.25) is 4.79 Å². The highest BCUT2D eigenvalue weighted by Crippen LogP contribution is 2.31. The molecule has 0 fully saturated rings. The molecule has 1 heterocycles. The quantitative estimate of drug-likeness (QED) is 0.900. The van der Waals surface area contributed by atoms with Crippen LogP contribution in [0.3, 0.4) is 0 Å². The summed E-state index contributed by atoms with van der Waals surface area (Å²) < 4.78 is 5.80. The smallest absolute Gasteiger partial charge is 0.243 e. The molecule has 6 heteroatoms. The average Bonchev–Trinajstić information content (AvgIpc) is 2.45. The number of hydrogen-bond acceptors (Lipinski definition) is 5. The monoisotopic (exact) mass is 286 g/mol. The second kappa shape index (κ2) is 6.32. The number of amides is 1. The number of nitrogens with zero attached hydrogens (tertiary/aromatic N) is 2. The second-order valence-electron chi connectivity index (χ2n) is 4.68. The summed E-state index contributed by atoms with van der Waals surface area (Å²) in [6.07, 6.45) is 0. The van der Waals surface area contributed by atoms with E-state index in [2.05, 4.69) is 15.5 Å². The number of carbonyl (C=O) groups excluding carboxylic acids is 1. The molecule has 6 nitrogen and oxygen atoms in total. The molecule has 0 aliphatic heterocycles. The number of nitrogens with one attached hydrogen (secondary N) is 1. The van der Waals surface area contributed by atoms with Crippen LogP contribution in [-0.4, -0.2) is 16.1 Å². The minimum absolute atomic E-state index is 0.170. The predicted octanol–water partition coefficient (Wildman–Crippen LogP) is 2.30. The molecule has 1 aromatic heterocycles. The van der Waals surface area contributed by atoms with E-state index in [9.17, 15) is 4.79 Å². The molecular weight excluding hydrogens is 268 g/mol. The third-order valence-electron chi connectivity index (χ3n) is 3.15. The van der Waals surface area contributed by atoms with Gasteiger partial charge in [-0.05, 0) is 31.5 Å². The van der Waals surface area contributed by atoms with Crippen molar-refractivity contribution in [2.45, 2.75) is 27.3 Å². The van der Waals surface area contributed by atoms with Crippen LogP contribution < -0.4 is 15.8 Å². The maximum atomic E-state index is 11.2. The van der Waals surface area contributed by atoms with Crippen LogP contribution in [0, 0.1) is 13.8 Å². The molecule has 0 aliphatic carbocycles. The minimum Gasteiger partial charge on any atom is -0.435 e. The van der Waals surface area contributed by atoms with Crippen LogP contribution in [0.4, 0.5) is 5.69 Å².